The number of benzene rings is 4. The summed E-state index contributed by atoms with van der Waals surface area (Å²) >= 11 is 20.6. The van der Waals surface area contributed by atoms with Gasteiger partial charge in [-0.2, -0.15) is 0 Å². The predicted octanol–water partition coefficient (Wildman–Crippen LogP) is 9.03. The highest BCUT2D eigenvalue weighted by Gasteiger charge is 2.34. The van der Waals surface area contributed by atoms with Gasteiger partial charge in [0.05, 0.1) is 26.3 Å². The van der Waals surface area contributed by atoms with Crippen molar-refractivity contribution < 1.29 is 9.53 Å². The summed E-state index contributed by atoms with van der Waals surface area (Å²) < 4.78 is 5.87. The number of anilines is 1. The molecule has 37 heavy (non-hydrogen) atoms. The Labute approximate surface area is 234 Å². The number of aliphatic imine (C=N–C) groups is 1. The maximum absolute atomic E-state index is 13.5. The molecule has 0 unspecified atom stereocenters. The lowest BCUT2D eigenvalue weighted by Gasteiger charge is -2.15. The van der Waals surface area contributed by atoms with Crippen molar-refractivity contribution in [3.05, 3.63) is 128 Å². The van der Waals surface area contributed by atoms with E-state index in [1.807, 2.05) is 78.9 Å². The quantitative estimate of drug-likeness (QED) is 0.219. The summed E-state index contributed by atoms with van der Waals surface area (Å²) in [5.41, 5.74) is 2.98. The van der Waals surface area contributed by atoms with Crippen molar-refractivity contribution in [1.82, 2.24) is 0 Å². The topological polar surface area (TPSA) is 41.9 Å². The molecule has 184 valence electrons. The second-order valence-corrected chi connectivity index (χ2v) is 10.2. The number of rotatable bonds is 6. The maximum atomic E-state index is 13.5. The Balaban J connectivity index is 1.44. The standard InChI is InChI=1S/C29H19Cl3N2O2S/c30-23-14-8-7-9-20(23)18-36-27-24(31)15-19(16-25(27)32)17-26-28(35)34(22-12-5-2-6-13-22)29(37-26)33-21-10-3-1-4-11-21/h1-17H,18H2/b26-17+,33-29?. The van der Waals surface area contributed by atoms with Crippen LogP contribution in [0.25, 0.3) is 6.08 Å². The minimum absolute atomic E-state index is 0.183. The van der Waals surface area contributed by atoms with Gasteiger partial charge in [0.25, 0.3) is 5.91 Å². The largest absolute Gasteiger partial charge is 0.486 e. The number of amides is 1. The van der Waals surface area contributed by atoms with Gasteiger partial charge in [-0.15, -0.1) is 0 Å². The molecule has 8 heteroatoms. The third-order valence-corrected chi connectivity index (χ3v) is 7.35. The molecular formula is C29H19Cl3N2O2S. The lowest BCUT2D eigenvalue weighted by Crippen LogP contribution is -2.28. The molecule has 4 nitrogen and oxygen atoms in total. The molecule has 4 aromatic carbocycles. The fraction of sp³-hybridized carbons (Fsp3) is 0.0345. The molecule has 0 saturated carbocycles. The monoisotopic (exact) mass is 564 g/mol. The predicted molar refractivity (Wildman–Crippen MR) is 155 cm³/mol. The molecule has 0 N–H and O–H groups in total. The fourth-order valence-electron chi connectivity index (χ4n) is 3.68. The molecule has 1 fully saturated rings. The van der Waals surface area contributed by atoms with Crippen molar-refractivity contribution >= 4 is 75.1 Å². The van der Waals surface area contributed by atoms with Crippen molar-refractivity contribution in [3.8, 4) is 5.75 Å². The molecular weight excluding hydrogens is 547 g/mol. The smallest absolute Gasteiger partial charge is 0.271 e. The van der Waals surface area contributed by atoms with Gasteiger partial charge in [-0.1, -0.05) is 89.4 Å². The summed E-state index contributed by atoms with van der Waals surface area (Å²) in [6.45, 7) is 0.221. The summed E-state index contributed by atoms with van der Waals surface area (Å²) in [6, 6.07) is 29.8. The van der Waals surface area contributed by atoms with Gasteiger partial charge in [-0.3, -0.25) is 9.69 Å². The Hall–Kier alpha value is -3.22. The van der Waals surface area contributed by atoms with Crippen LogP contribution < -0.4 is 9.64 Å². The van der Waals surface area contributed by atoms with E-state index < -0.39 is 0 Å². The van der Waals surface area contributed by atoms with Gasteiger partial charge in [-0.25, -0.2) is 4.99 Å². The van der Waals surface area contributed by atoms with Crippen LogP contribution in [0, 0.1) is 0 Å². The first kappa shape index (κ1) is 25.4. The van der Waals surface area contributed by atoms with E-state index in [4.69, 9.17) is 44.5 Å². The first-order chi connectivity index (χ1) is 18.0. The number of thioether (sulfide) groups is 1. The Kier molecular flexibility index (Phi) is 7.87. The molecule has 1 heterocycles. The average molecular weight is 566 g/mol. The number of carbonyl (C=O) groups excluding carboxylic acids is 1. The summed E-state index contributed by atoms with van der Waals surface area (Å²) in [4.78, 5) is 20.3. The van der Waals surface area contributed by atoms with Crippen LogP contribution in [0.4, 0.5) is 11.4 Å². The Morgan fingerprint density at radius 3 is 2.11 bits per heavy atom. The van der Waals surface area contributed by atoms with Crippen LogP contribution in [0.2, 0.25) is 15.1 Å². The number of ether oxygens (including phenoxy) is 1. The van der Waals surface area contributed by atoms with Gasteiger partial charge < -0.3 is 4.74 Å². The first-order valence-electron chi connectivity index (χ1n) is 11.3. The van der Waals surface area contributed by atoms with Crippen LogP contribution in [-0.2, 0) is 11.4 Å². The van der Waals surface area contributed by atoms with Crippen LogP contribution in [0.1, 0.15) is 11.1 Å². The summed E-state index contributed by atoms with van der Waals surface area (Å²) in [5.74, 6) is 0.171. The van der Waals surface area contributed by atoms with E-state index in [1.165, 1.54) is 11.8 Å². The molecule has 0 aliphatic carbocycles. The van der Waals surface area contributed by atoms with Gasteiger partial charge in [0, 0.05) is 10.6 Å². The summed E-state index contributed by atoms with van der Waals surface area (Å²) in [7, 11) is 0. The molecule has 1 saturated heterocycles. The van der Waals surface area contributed by atoms with Crippen molar-refractivity contribution in [3.63, 3.8) is 0 Å². The number of nitrogens with zero attached hydrogens (tertiary/aromatic N) is 2. The van der Waals surface area contributed by atoms with Crippen LogP contribution in [0.15, 0.2) is 107 Å². The number of halogens is 3. The van der Waals surface area contributed by atoms with E-state index in [0.717, 1.165) is 16.9 Å². The van der Waals surface area contributed by atoms with Crippen LogP contribution in [0.3, 0.4) is 0 Å². The normalized spacial score (nSPS) is 15.5. The van der Waals surface area contributed by atoms with Crippen LogP contribution in [0.5, 0.6) is 5.75 Å². The summed E-state index contributed by atoms with van der Waals surface area (Å²) in [5, 5.41) is 1.83. The zero-order chi connectivity index (χ0) is 25.8. The van der Waals surface area contributed by atoms with E-state index in [2.05, 4.69) is 0 Å². The second kappa shape index (κ2) is 11.4. The van der Waals surface area contributed by atoms with Gasteiger partial charge in [0.15, 0.2) is 10.9 Å². The SMILES string of the molecule is O=C1/C(=C\c2cc(Cl)c(OCc3ccccc3Cl)c(Cl)c2)SC(=Nc2ccccc2)N1c1ccccc1. The number of carbonyl (C=O) groups is 1. The molecule has 1 amide bonds. The number of hydrogen-bond acceptors (Lipinski definition) is 4. The third kappa shape index (κ3) is 5.86. The molecule has 0 bridgehead atoms. The molecule has 1 aliphatic heterocycles. The van der Waals surface area contributed by atoms with E-state index in [9.17, 15) is 4.79 Å². The highest BCUT2D eigenvalue weighted by molar-refractivity contribution is 8.19. The van der Waals surface area contributed by atoms with E-state index in [0.29, 0.717) is 36.5 Å². The number of hydrogen-bond donors (Lipinski definition) is 0. The molecule has 4 aromatic rings. The molecule has 0 radical (unpaired) electrons. The van der Waals surface area contributed by atoms with Crippen LogP contribution in [-0.4, -0.2) is 11.1 Å². The van der Waals surface area contributed by atoms with E-state index in [-0.39, 0.29) is 12.5 Å². The Morgan fingerprint density at radius 1 is 0.811 bits per heavy atom. The molecule has 0 aromatic heterocycles. The van der Waals surface area contributed by atoms with Gasteiger partial charge >= 0.3 is 0 Å². The lowest BCUT2D eigenvalue weighted by atomic mass is 10.2. The zero-order valence-corrected chi connectivity index (χ0v) is 22.4. The molecule has 1 aliphatic rings. The lowest BCUT2D eigenvalue weighted by molar-refractivity contribution is -0.113. The van der Waals surface area contributed by atoms with Gasteiger partial charge in [0.2, 0.25) is 0 Å². The molecule has 0 spiro atoms. The van der Waals surface area contributed by atoms with Crippen molar-refractivity contribution in [2.75, 3.05) is 4.90 Å². The van der Waals surface area contributed by atoms with Crippen molar-refractivity contribution in [2.45, 2.75) is 6.61 Å². The fourth-order valence-corrected chi connectivity index (χ4v) is 5.49. The first-order valence-corrected chi connectivity index (χ1v) is 13.2. The van der Waals surface area contributed by atoms with Gasteiger partial charge in [0.1, 0.15) is 6.61 Å². The van der Waals surface area contributed by atoms with E-state index >= 15 is 0 Å². The minimum atomic E-state index is -0.183. The zero-order valence-electron chi connectivity index (χ0n) is 19.3. The average Bonchev–Trinajstić information content (AvgIpc) is 3.19. The molecule has 0 atom stereocenters. The highest BCUT2D eigenvalue weighted by atomic mass is 35.5. The number of amidine groups is 1. The third-order valence-electron chi connectivity index (χ3n) is 5.45. The Bertz CT molecular complexity index is 1490. The second-order valence-electron chi connectivity index (χ2n) is 8.01. The maximum Gasteiger partial charge on any atom is 0.271 e. The van der Waals surface area contributed by atoms with Crippen molar-refractivity contribution in [2.24, 2.45) is 4.99 Å². The van der Waals surface area contributed by atoms with Crippen molar-refractivity contribution in [1.29, 1.82) is 0 Å². The van der Waals surface area contributed by atoms with Gasteiger partial charge in [-0.05, 0) is 65.9 Å². The minimum Gasteiger partial charge on any atom is -0.486 e. The Morgan fingerprint density at radius 2 is 1.43 bits per heavy atom. The number of para-hydroxylation sites is 2. The summed E-state index contributed by atoms with van der Waals surface area (Å²) in [6.07, 6.45) is 1.76. The van der Waals surface area contributed by atoms with Crippen LogP contribution >= 0.6 is 46.6 Å². The highest BCUT2D eigenvalue weighted by Crippen LogP contribution is 2.40. The molecule has 5 rings (SSSR count). The van der Waals surface area contributed by atoms with E-state index in [1.54, 1.807) is 29.2 Å².